The first-order chi connectivity index (χ1) is 9.47. The second-order valence-corrected chi connectivity index (χ2v) is 6.87. The Hall–Kier alpha value is -1.61. The number of rotatable bonds is 1. The molecule has 3 heteroatoms. The first kappa shape index (κ1) is 13.4. The fourth-order valence-corrected chi connectivity index (χ4v) is 3.39. The quantitative estimate of drug-likeness (QED) is 0.608. The van der Waals surface area contributed by atoms with E-state index in [9.17, 15) is 0 Å². The minimum atomic E-state index is 0.133. The largest absolute Gasteiger partial charge is 0.299 e. The van der Waals surface area contributed by atoms with Crippen LogP contribution in [0.15, 0.2) is 53.3 Å². The monoisotopic (exact) mass is 328 g/mol. The average Bonchev–Trinajstić information content (AvgIpc) is 2.80. The van der Waals surface area contributed by atoms with Crippen LogP contribution in [0.25, 0.3) is 16.7 Å². The van der Waals surface area contributed by atoms with Crippen molar-refractivity contribution in [3.8, 4) is 5.69 Å². The van der Waals surface area contributed by atoms with Crippen molar-refractivity contribution >= 4 is 27.0 Å². The van der Waals surface area contributed by atoms with Crippen LogP contribution in [0, 0.1) is 0 Å². The molecule has 0 amide bonds. The zero-order valence-electron chi connectivity index (χ0n) is 11.9. The molecule has 0 radical (unpaired) electrons. The minimum Gasteiger partial charge on any atom is -0.299 e. The molecular formula is C17H17BrN2. The first-order valence-electron chi connectivity index (χ1n) is 6.69. The van der Waals surface area contributed by atoms with Crippen LogP contribution in [0.4, 0.5) is 0 Å². The summed E-state index contributed by atoms with van der Waals surface area (Å²) in [6, 6.07) is 14.7. The molecule has 0 aliphatic rings. The van der Waals surface area contributed by atoms with E-state index in [1.165, 1.54) is 5.56 Å². The summed E-state index contributed by atoms with van der Waals surface area (Å²) in [6.07, 6.45) is 1.88. The summed E-state index contributed by atoms with van der Waals surface area (Å²) in [7, 11) is 0. The Balaban J connectivity index is 2.14. The normalized spacial score (nSPS) is 12.0. The minimum absolute atomic E-state index is 0.133. The van der Waals surface area contributed by atoms with E-state index >= 15 is 0 Å². The number of benzene rings is 2. The van der Waals surface area contributed by atoms with Crippen LogP contribution in [0.1, 0.15) is 26.3 Å². The Kier molecular flexibility index (Phi) is 3.17. The van der Waals surface area contributed by atoms with E-state index in [1.807, 2.05) is 24.5 Å². The zero-order chi connectivity index (χ0) is 14.3. The maximum absolute atomic E-state index is 4.44. The summed E-state index contributed by atoms with van der Waals surface area (Å²) in [5.41, 5.74) is 4.71. The Morgan fingerprint density at radius 1 is 1.05 bits per heavy atom. The van der Waals surface area contributed by atoms with Crippen LogP contribution >= 0.6 is 15.9 Å². The summed E-state index contributed by atoms with van der Waals surface area (Å²) >= 11 is 3.70. The number of nitrogens with zero attached hydrogens (tertiary/aromatic N) is 2. The molecule has 0 spiro atoms. The molecule has 0 N–H and O–H groups in total. The van der Waals surface area contributed by atoms with Crippen molar-refractivity contribution in [3.63, 3.8) is 0 Å². The lowest BCUT2D eigenvalue weighted by Gasteiger charge is -2.21. The lowest BCUT2D eigenvalue weighted by Crippen LogP contribution is -2.12. The van der Waals surface area contributed by atoms with E-state index in [2.05, 4.69) is 70.5 Å². The Bertz CT molecular complexity index is 766. The summed E-state index contributed by atoms with van der Waals surface area (Å²) in [5.74, 6) is 0. The number of hydrogen-bond donors (Lipinski definition) is 0. The van der Waals surface area contributed by atoms with Gasteiger partial charge < -0.3 is 0 Å². The first-order valence-corrected chi connectivity index (χ1v) is 7.48. The SMILES string of the molecule is CC(C)(C)c1ccc(-n2cnc3ccccc32)cc1Br. The average molecular weight is 329 g/mol. The highest BCUT2D eigenvalue weighted by Crippen LogP contribution is 2.31. The number of hydrogen-bond acceptors (Lipinski definition) is 1. The van der Waals surface area contributed by atoms with Crippen LogP contribution in [-0.2, 0) is 5.41 Å². The molecule has 0 saturated carbocycles. The molecule has 3 rings (SSSR count). The Morgan fingerprint density at radius 2 is 1.80 bits per heavy atom. The van der Waals surface area contributed by atoms with Crippen molar-refractivity contribution in [3.05, 3.63) is 58.8 Å². The van der Waals surface area contributed by atoms with Crippen molar-refractivity contribution < 1.29 is 0 Å². The molecule has 0 aliphatic carbocycles. The predicted octanol–water partition coefficient (Wildman–Crippen LogP) is 5.09. The standard InChI is InChI=1S/C17H17BrN2/c1-17(2,3)13-9-8-12(10-14(13)18)20-11-19-15-6-4-5-7-16(15)20/h4-11H,1-3H3. The molecule has 102 valence electrons. The van der Waals surface area contributed by atoms with Gasteiger partial charge in [0.1, 0.15) is 6.33 Å². The van der Waals surface area contributed by atoms with Gasteiger partial charge in [0.25, 0.3) is 0 Å². The van der Waals surface area contributed by atoms with E-state index in [4.69, 9.17) is 0 Å². The topological polar surface area (TPSA) is 17.8 Å². The lowest BCUT2D eigenvalue weighted by molar-refractivity contribution is 0.587. The van der Waals surface area contributed by atoms with Gasteiger partial charge >= 0.3 is 0 Å². The molecule has 20 heavy (non-hydrogen) atoms. The van der Waals surface area contributed by atoms with Crippen LogP contribution < -0.4 is 0 Å². The van der Waals surface area contributed by atoms with E-state index in [1.54, 1.807) is 0 Å². The second kappa shape index (κ2) is 4.74. The number of aromatic nitrogens is 2. The smallest absolute Gasteiger partial charge is 0.100 e. The third-order valence-corrected chi connectivity index (χ3v) is 4.15. The molecule has 0 bridgehead atoms. The molecule has 1 aromatic heterocycles. The highest BCUT2D eigenvalue weighted by molar-refractivity contribution is 9.10. The van der Waals surface area contributed by atoms with E-state index < -0.39 is 0 Å². The summed E-state index contributed by atoms with van der Waals surface area (Å²) < 4.78 is 3.26. The molecule has 3 aromatic rings. The summed E-state index contributed by atoms with van der Waals surface area (Å²) in [5, 5.41) is 0. The third-order valence-electron chi connectivity index (χ3n) is 3.49. The van der Waals surface area contributed by atoms with Crippen molar-refractivity contribution in [1.82, 2.24) is 9.55 Å². The number of halogens is 1. The van der Waals surface area contributed by atoms with Crippen LogP contribution in [0.2, 0.25) is 0 Å². The zero-order valence-corrected chi connectivity index (χ0v) is 13.5. The maximum atomic E-state index is 4.44. The summed E-state index contributed by atoms with van der Waals surface area (Å²) in [6.45, 7) is 6.66. The fraction of sp³-hybridized carbons (Fsp3) is 0.235. The van der Waals surface area contributed by atoms with E-state index in [0.717, 1.165) is 21.2 Å². The van der Waals surface area contributed by atoms with Crippen molar-refractivity contribution in [2.45, 2.75) is 26.2 Å². The molecule has 0 unspecified atom stereocenters. The van der Waals surface area contributed by atoms with E-state index in [-0.39, 0.29) is 5.41 Å². The van der Waals surface area contributed by atoms with Gasteiger partial charge in [0.15, 0.2) is 0 Å². The van der Waals surface area contributed by atoms with Gasteiger partial charge in [-0.25, -0.2) is 4.98 Å². The Labute approximate surface area is 127 Å². The molecular weight excluding hydrogens is 312 g/mol. The highest BCUT2D eigenvalue weighted by Gasteiger charge is 2.17. The van der Waals surface area contributed by atoms with Gasteiger partial charge in [-0.05, 0) is 35.2 Å². The van der Waals surface area contributed by atoms with Gasteiger partial charge in [-0.2, -0.15) is 0 Å². The van der Waals surface area contributed by atoms with Gasteiger partial charge in [-0.3, -0.25) is 4.57 Å². The van der Waals surface area contributed by atoms with Crippen LogP contribution in [0.5, 0.6) is 0 Å². The number of imidazole rings is 1. The van der Waals surface area contributed by atoms with Gasteiger partial charge in [-0.1, -0.05) is 54.9 Å². The molecule has 2 aromatic carbocycles. The van der Waals surface area contributed by atoms with Gasteiger partial charge in [0, 0.05) is 10.2 Å². The van der Waals surface area contributed by atoms with Gasteiger partial charge in [0.2, 0.25) is 0 Å². The van der Waals surface area contributed by atoms with Crippen molar-refractivity contribution in [2.24, 2.45) is 0 Å². The molecule has 1 heterocycles. The molecule has 0 atom stereocenters. The number of para-hydroxylation sites is 2. The molecule has 0 aliphatic heterocycles. The fourth-order valence-electron chi connectivity index (χ4n) is 2.43. The van der Waals surface area contributed by atoms with Crippen molar-refractivity contribution in [1.29, 1.82) is 0 Å². The van der Waals surface area contributed by atoms with Crippen LogP contribution in [0.3, 0.4) is 0 Å². The molecule has 0 fully saturated rings. The maximum Gasteiger partial charge on any atom is 0.100 e. The summed E-state index contributed by atoms with van der Waals surface area (Å²) in [4.78, 5) is 4.44. The van der Waals surface area contributed by atoms with Crippen molar-refractivity contribution in [2.75, 3.05) is 0 Å². The predicted molar refractivity (Wildman–Crippen MR) is 87.5 cm³/mol. The molecule has 2 nitrogen and oxygen atoms in total. The second-order valence-electron chi connectivity index (χ2n) is 6.02. The third kappa shape index (κ3) is 2.27. The Morgan fingerprint density at radius 3 is 2.50 bits per heavy atom. The highest BCUT2D eigenvalue weighted by atomic mass is 79.9. The lowest BCUT2D eigenvalue weighted by atomic mass is 9.87. The van der Waals surface area contributed by atoms with Gasteiger partial charge in [-0.15, -0.1) is 0 Å². The van der Waals surface area contributed by atoms with Gasteiger partial charge in [0.05, 0.1) is 11.0 Å². The van der Waals surface area contributed by atoms with E-state index in [0.29, 0.717) is 0 Å². The number of fused-ring (bicyclic) bond motifs is 1. The van der Waals surface area contributed by atoms with Crippen LogP contribution in [-0.4, -0.2) is 9.55 Å². The molecule has 0 saturated heterocycles.